The number of nitrogens with one attached hydrogen (secondary N) is 2. The van der Waals surface area contributed by atoms with Crippen molar-refractivity contribution in [2.45, 2.75) is 52.2 Å². The number of carbonyl (C=O) groups excluding carboxylic acids is 2. The van der Waals surface area contributed by atoms with Crippen molar-refractivity contribution >= 4 is 34.6 Å². The highest BCUT2D eigenvalue weighted by Crippen LogP contribution is 2.24. The molecule has 0 spiro atoms. The predicted molar refractivity (Wildman–Crippen MR) is 158 cm³/mol. The second-order valence-electron chi connectivity index (χ2n) is 10.8. The lowest BCUT2D eigenvalue weighted by Gasteiger charge is -2.24. The summed E-state index contributed by atoms with van der Waals surface area (Å²) in [5.74, 6) is -0.178. The first-order valence-electron chi connectivity index (χ1n) is 13.4. The Morgan fingerprint density at radius 2 is 1.78 bits per heavy atom. The SMILES string of the molecule is Cc1c(NC(=O)OC(C)(C)C)ccc2nc(NC(Cc3ccccc3)C(=O)N(C)CCc3ccccn3)oc(=O)c12. The first kappa shape index (κ1) is 29.3. The number of hydrogen-bond acceptors (Lipinski definition) is 8. The van der Waals surface area contributed by atoms with Gasteiger partial charge in [-0.25, -0.2) is 9.59 Å². The van der Waals surface area contributed by atoms with E-state index >= 15 is 0 Å². The van der Waals surface area contributed by atoms with Gasteiger partial charge in [-0.3, -0.25) is 15.1 Å². The summed E-state index contributed by atoms with van der Waals surface area (Å²) in [5, 5.41) is 5.95. The Balaban J connectivity index is 1.57. The van der Waals surface area contributed by atoms with E-state index in [1.165, 1.54) is 0 Å². The van der Waals surface area contributed by atoms with E-state index in [9.17, 15) is 14.4 Å². The van der Waals surface area contributed by atoms with Gasteiger partial charge in [-0.1, -0.05) is 36.4 Å². The number of nitrogens with zero attached hydrogens (tertiary/aromatic N) is 3. The third-order valence-electron chi connectivity index (χ3n) is 6.38. The van der Waals surface area contributed by atoms with Crippen LogP contribution in [0, 0.1) is 6.92 Å². The molecule has 2 N–H and O–H groups in total. The molecule has 2 aromatic carbocycles. The summed E-state index contributed by atoms with van der Waals surface area (Å²) < 4.78 is 10.9. The van der Waals surface area contributed by atoms with E-state index in [0.717, 1.165) is 11.3 Å². The lowest BCUT2D eigenvalue weighted by molar-refractivity contribution is -0.130. The molecule has 4 aromatic rings. The van der Waals surface area contributed by atoms with E-state index in [1.54, 1.807) is 58.0 Å². The summed E-state index contributed by atoms with van der Waals surface area (Å²) in [4.78, 5) is 49.4. The van der Waals surface area contributed by atoms with Crippen molar-refractivity contribution < 1.29 is 18.7 Å². The highest BCUT2D eigenvalue weighted by atomic mass is 16.6. The lowest BCUT2D eigenvalue weighted by Crippen LogP contribution is -2.43. The van der Waals surface area contributed by atoms with Crippen molar-refractivity contribution in [3.63, 3.8) is 0 Å². The van der Waals surface area contributed by atoms with Crippen molar-refractivity contribution in [1.29, 1.82) is 0 Å². The number of aryl methyl sites for hydroxylation is 1. The van der Waals surface area contributed by atoms with Crippen molar-refractivity contribution in [2.75, 3.05) is 24.2 Å². The zero-order valence-corrected chi connectivity index (χ0v) is 23.9. The van der Waals surface area contributed by atoms with Crippen molar-refractivity contribution in [2.24, 2.45) is 0 Å². The molecule has 4 rings (SSSR count). The summed E-state index contributed by atoms with van der Waals surface area (Å²) in [7, 11) is 1.73. The third-order valence-corrected chi connectivity index (χ3v) is 6.38. The molecule has 10 nitrogen and oxygen atoms in total. The number of pyridine rings is 1. The third kappa shape index (κ3) is 7.91. The average Bonchev–Trinajstić information content (AvgIpc) is 2.92. The van der Waals surface area contributed by atoms with Gasteiger partial charge in [0.25, 0.3) is 6.01 Å². The van der Waals surface area contributed by atoms with Gasteiger partial charge in [0.1, 0.15) is 11.6 Å². The van der Waals surface area contributed by atoms with Crippen LogP contribution in [0.2, 0.25) is 0 Å². The van der Waals surface area contributed by atoms with E-state index in [1.807, 2.05) is 48.5 Å². The Morgan fingerprint density at radius 1 is 1.05 bits per heavy atom. The number of ether oxygens (including phenoxy) is 1. The van der Waals surface area contributed by atoms with Crippen LogP contribution >= 0.6 is 0 Å². The normalized spacial score (nSPS) is 12.0. The van der Waals surface area contributed by atoms with Crippen LogP contribution in [0.5, 0.6) is 0 Å². The highest BCUT2D eigenvalue weighted by Gasteiger charge is 2.25. The van der Waals surface area contributed by atoms with Gasteiger partial charge in [-0.15, -0.1) is 0 Å². The molecule has 2 amide bonds. The van der Waals surface area contributed by atoms with Crippen molar-refractivity contribution in [1.82, 2.24) is 14.9 Å². The molecule has 0 saturated heterocycles. The zero-order chi connectivity index (χ0) is 29.6. The second kappa shape index (κ2) is 12.6. The summed E-state index contributed by atoms with van der Waals surface area (Å²) in [6.07, 6.45) is 2.05. The van der Waals surface area contributed by atoms with Crippen LogP contribution in [0.15, 0.2) is 76.1 Å². The number of anilines is 2. The van der Waals surface area contributed by atoms with Crippen LogP contribution in [-0.4, -0.2) is 52.1 Å². The Morgan fingerprint density at radius 3 is 2.46 bits per heavy atom. The molecule has 214 valence electrons. The Labute approximate surface area is 238 Å². The van der Waals surface area contributed by atoms with E-state index in [-0.39, 0.29) is 17.3 Å². The molecular formula is C31H35N5O5. The molecule has 1 unspecified atom stereocenters. The maximum Gasteiger partial charge on any atom is 0.412 e. The average molecular weight is 558 g/mol. The topological polar surface area (TPSA) is 127 Å². The molecule has 10 heteroatoms. The van der Waals surface area contributed by atoms with E-state index in [4.69, 9.17) is 9.15 Å². The summed E-state index contributed by atoms with van der Waals surface area (Å²) in [6, 6.07) is 17.7. The first-order chi connectivity index (χ1) is 19.5. The highest BCUT2D eigenvalue weighted by molar-refractivity contribution is 5.93. The maximum absolute atomic E-state index is 13.6. The molecule has 0 radical (unpaired) electrons. The van der Waals surface area contributed by atoms with E-state index in [2.05, 4.69) is 20.6 Å². The number of carbonyl (C=O) groups is 2. The number of rotatable bonds is 9. The monoisotopic (exact) mass is 557 g/mol. The van der Waals surface area contributed by atoms with Gasteiger partial charge >= 0.3 is 11.7 Å². The molecule has 1 atom stereocenters. The number of fused-ring (bicyclic) bond motifs is 1. The summed E-state index contributed by atoms with van der Waals surface area (Å²) >= 11 is 0. The molecule has 2 heterocycles. The minimum atomic E-state index is -0.742. The Kier molecular flexibility index (Phi) is 9.01. The van der Waals surface area contributed by atoms with Crippen LogP contribution < -0.4 is 16.3 Å². The molecular weight excluding hydrogens is 522 g/mol. The molecule has 41 heavy (non-hydrogen) atoms. The van der Waals surface area contributed by atoms with Crippen molar-refractivity contribution in [3.05, 3.63) is 94.1 Å². The Hall–Kier alpha value is -4.73. The molecule has 2 aromatic heterocycles. The standard InChI is InChI=1S/C31H35N5O5/c1-20-23(35-30(39)41-31(2,3)4)14-15-24-26(20)28(38)40-29(33-24)34-25(19-21-11-7-6-8-12-21)27(37)36(5)18-16-22-13-9-10-17-32-22/h6-15,17,25H,16,18-19H2,1-5H3,(H,33,34)(H,35,39). The number of amides is 2. The first-order valence-corrected chi connectivity index (χ1v) is 13.4. The number of benzene rings is 2. The fourth-order valence-corrected chi connectivity index (χ4v) is 4.33. The van der Waals surface area contributed by atoms with Gasteiger partial charge in [0.05, 0.1) is 10.9 Å². The molecule has 0 aliphatic carbocycles. The van der Waals surface area contributed by atoms with Crippen LogP contribution in [0.25, 0.3) is 10.9 Å². The van der Waals surface area contributed by atoms with Gasteiger partial charge in [0.15, 0.2) is 0 Å². The predicted octanol–water partition coefficient (Wildman–Crippen LogP) is 4.96. The van der Waals surface area contributed by atoms with Gasteiger partial charge in [0, 0.05) is 44.0 Å². The smallest absolute Gasteiger partial charge is 0.412 e. The largest absolute Gasteiger partial charge is 0.444 e. The zero-order valence-electron chi connectivity index (χ0n) is 23.9. The summed E-state index contributed by atoms with van der Waals surface area (Å²) in [6.45, 7) is 7.45. The summed E-state index contributed by atoms with van der Waals surface area (Å²) in [5.41, 5.74) is 1.78. The van der Waals surface area contributed by atoms with Crippen LogP contribution in [0.3, 0.4) is 0 Å². The molecule has 0 aliphatic heterocycles. The fourth-order valence-electron chi connectivity index (χ4n) is 4.33. The Bertz CT molecular complexity index is 1570. The van der Waals surface area contributed by atoms with Gasteiger partial charge in [-0.2, -0.15) is 4.98 Å². The van der Waals surface area contributed by atoms with Gasteiger partial charge < -0.3 is 19.4 Å². The van der Waals surface area contributed by atoms with Crippen LogP contribution in [0.4, 0.5) is 16.5 Å². The van der Waals surface area contributed by atoms with Gasteiger partial charge in [0.2, 0.25) is 5.91 Å². The minimum absolute atomic E-state index is 0.0674. The van der Waals surface area contributed by atoms with Crippen LogP contribution in [-0.2, 0) is 22.4 Å². The van der Waals surface area contributed by atoms with E-state index < -0.39 is 23.4 Å². The quantitative estimate of drug-likeness (QED) is 0.296. The number of likely N-dealkylation sites (N-methyl/N-ethyl adjacent to an activating group) is 1. The molecule has 0 bridgehead atoms. The van der Waals surface area contributed by atoms with Crippen LogP contribution in [0.1, 0.15) is 37.6 Å². The lowest BCUT2D eigenvalue weighted by atomic mass is 10.0. The molecule has 0 saturated carbocycles. The maximum atomic E-state index is 13.6. The second-order valence-corrected chi connectivity index (χ2v) is 10.8. The fraction of sp³-hybridized carbons (Fsp3) is 0.323. The van der Waals surface area contributed by atoms with E-state index in [0.29, 0.717) is 36.2 Å². The molecule has 0 aliphatic rings. The number of hydrogen-bond donors (Lipinski definition) is 2. The van der Waals surface area contributed by atoms with Crippen molar-refractivity contribution in [3.8, 4) is 0 Å². The molecule has 0 fully saturated rings. The minimum Gasteiger partial charge on any atom is -0.444 e. The number of aromatic nitrogens is 2. The van der Waals surface area contributed by atoms with Gasteiger partial charge in [-0.05, 0) is 63.1 Å².